The Bertz CT molecular complexity index is 692. The normalized spacial score (nSPS) is 10.0. The van der Waals surface area contributed by atoms with E-state index in [1.54, 1.807) is 24.3 Å². The van der Waals surface area contributed by atoms with Gasteiger partial charge in [0, 0.05) is 18.0 Å². The van der Waals surface area contributed by atoms with Crippen LogP contribution in [0.25, 0.3) is 0 Å². The summed E-state index contributed by atoms with van der Waals surface area (Å²) >= 11 is 0. The first-order chi connectivity index (χ1) is 9.56. The number of para-hydroxylation sites is 1. The molecule has 6 heteroatoms. The van der Waals surface area contributed by atoms with Crippen molar-refractivity contribution in [3.8, 4) is 0 Å². The molecule has 1 amide bonds. The van der Waals surface area contributed by atoms with Gasteiger partial charge in [-0.25, -0.2) is 4.79 Å². The Hall–Kier alpha value is -2.89. The van der Waals surface area contributed by atoms with Crippen LogP contribution in [0.2, 0.25) is 0 Å². The Kier molecular flexibility index (Phi) is 3.95. The molecular weight excluding hydrogens is 260 g/mol. The third-order valence-corrected chi connectivity index (χ3v) is 2.61. The Balaban J connectivity index is 2.09. The zero-order valence-corrected chi connectivity index (χ0v) is 10.4. The van der Waals surface area contributed by atoms with Crippen molar-refractivity contribution in [3.63, 3.8) is 0 Å². The summed E-state index contributed by atoms with van der Waals surface area (Å²) in [6.45, 7) is -0.173. The van der Waals surface area contributed by atoms with E-state index in [1.807, 2.05) is 6.07 Å². The first-order valence-electron chi connectivity index (χ1n) is 5.85. The molecule has 102 valence electrons. The summed E-state index contributed by atoms with van der Waals surface area (Å²) < 4.78 is 1.14. The number of benzene rings is 1. The van der Waals surface area contributed by atoms with E-state index in [4.69, 9.17) is 5.11 Å². The van der Waals surface area contributed by atoms with Crippen LogP contribution >= 0.6 is 0 Å². The fourth-order valence-electron chi connectivity index (χ4n) is 1.65. The lowest BCUT2D eigenvalue weighted by Crippen LogP contribution is -2.27. The molecule has 6 nitrogen and oxygen atoms in total. The lowest BCUT2D eigenvalue weighted by molar-refractivity contribution is -0.116. The molecule has 0 spiro atoms. The monoisotopic (exact) mass is 272 g/mol. The number of carbonyl (C=O) groups excluding carboxylic acids is 1. The van der Waals surface area contributed by atoms with Gasteiger partial charge >= 0.3 is 5.97 Å². The zero-order chi connectivity index (χ0) is 14.5. The lowest BCUT2D eigenvalue weighted by atomic mass is 10.2. The maximum Gasteiger partial charge on any atom is 0.335 e. The second-order valence-electron chi connectivity index (χ2n) is 4.10. The molecule has 0 radical (unpaired) electrons. The Morgan fingerprint density at radius 2 is 1.85 bits per heavy atom. The van der Waals surface area contributed by atoms with Gasteiger partial charge in [0.15, 0.2) is 0 Å². The van der Waals surface area contributed by atoms with Gasteiger partial charge < -0.3 is 15.0 Å². The molecule has 1 aromatic carbocycles. The van der Waals surface area contributed by atoms with E-state index in [0.29, 0.717) is 5.69 Å². The number of hydrogen-bond donors (Lipinski definition) is 2. The molecule has 1 heterocycles. The molecule has 0 aliphatic rings. The molecule has 0 bridgehead atoms. The number of nitrogens with one attached hydrogen (secondary N) is 1. The Morgan fingerprint density at radius 3 is 2.45 bits per heavy atom. The van der Waals surface area contributed by atoms with Crippen LogP contribution in [0.5, 0.6) is 0 Å². The third kappa shape index (κ3) is 3.32. The van der Waals surface area contributed by atoms with Crippen LogP contribution in [-0.2, 0) is 11.3 Å². The van der Waals surface area contributed by atoms with Crippen molar-refractivity contribution in [3.05, 3.63) is 64.6 Å². The first kappa shape index (κ1) is 13.5. The number of rotatable bonds is 4. The number of hydrogen-bond acceptors (Lipinski definition) is 3. The molecule has 0 fully saturated rings. The van der Waals surface area contributed by atoms with E-state index >= 15 is 0 Å². The molecule has 0 atom stereocenters. The van der Waals surface area contributed by atoms with Crippen molar-refractivity contribution in [2.24, 2.45) is 0 Å². The van der Waals surface area contributed by atoms with Crippen molar-refractivity contribution >= 4 is 17.6 Å². The summed E-state index contributed by atoms with van der Waals surface area (Å²) in [6.07, 6.45) is 1.29. The number of amides is 1. The minimum absolute atomic E-state index is 0.102. The number of carbonyl (C=O) groups is 2. The van der Waals surface area contributed by atoms with Gasteiger partial charge in [0.25, 0.3) is 5.56 Å². The van der Waals surface area contributed by atoms with Crippen LogP contribution in [0, 0.1) is 0 Å². The highest BCUT2D eigenvalue weighted by Gasteiger charge is 2.08. The van der Waals surface area contributed by atoms with Gasteiger partial charge in [-0.05, 0) is 18.2 Å². The van der Waals surface area contributed by atoms with Crippen LogP contribution < -0.4 is 10.9 Å². The van der Waals surface area contributed by atoms with Crippen molar-refractivity contribution in [1.82, 2.24) is 4.57 Å². The minimum Gasteiger partial charge on any atom is -0.478 e. The summed E-state index contributed by atoms with van der Waals surface area (Å²) in [5, 5.41) is 11.4. The molecule has 2 aromatic rings. The molecule has 2 rings (SSSR count). The minimum atomic E-state index is -1.18. The maximum absolute atomic E-state index is 11.8. The number of nitrogens with zero attached hydrogens (tertiary/aromatic N) is 1. The van der Waals surface area contributed by atoms with Gasteiger partial charge in [-0.1, -0.05) is 18.2 Å². The van der Waals surface area contributed by atoms with Crippen LogP contribution in [0.15, 0.2) is 53.5 Å². The van der Waals surface area contributed by atoms with E-state index in [2.05, 4.69) is 5.32 Å². The van der Waals surface area contributed by atoms with Gasteiger partial charge in [-0.15, -0.1) is 0 Å². The molecule has 0 saturated heterocycles. The third-order valence-electron chi connectivity index (χ3n) is 2.61. The van der Waals surface area contributed by atoms with Crippen LogP contribution in [0.3, 0.4) is 0 Å². The second kappa shape index (κ2) is 5.83. The number of carboxylic acid groups (broad SMARTS) is 1. The van der Waals surface area contributed by atoms with E-state index in [-0.39, 0.29) is 18.0 Å². The fraction of sp³-hybridized carbons (Fsp3) is 0.0714. The zero-order valence-electron chi connectivity index (χ0n) is 10.4. The van der Waals surface area contributed by atoms with E-state index < -0.39 is 11.5 Å². The number of carboxylic acids is 1. The van der Waals surface area contributed by atoms with Crippen molar-refractivity contribution in [2.45, 2.75) is 6.54 Å². The molecule has 0 aliphatic carbocycles. The average molecular weight is 272 g/mol. The fourth-order valence-corrected chi connectivity index (χ4v) is 1.65. The van der Waals surface area contributed by atoms with Crippen LogP contribution in [0.4, 0.5) is 5.69 Å². The molecule has 0 saturated carbocycles. The van der Waals surface area contributed by atoms with Crippen molar-refractivity contribution in [2.75, 3.05) is 5.32 Å². The van der Waals surface area contributed by atoms with Crippen LogP contribution in [0.1, 0.15) is 10.4 Å². The number of aromatic nitrogens is 1. The predicted octanol–water partition coefficient (Wildman–Crippen LogP) is 1.19. The first-order valence-corrected chi connectivity index (χ1v) is 5.85. The van der Waals surface area contributed by atoms with E-state index in [0.717, 1.165) is 10.6 Å². The van der Waals surface area contributed by atoms with Gasteiger partial charge in [0.1, 0.15) is 6.54 Å². The summed E-state index contributed by atoms with van der Waals surface area (Å²) in [5.74, 6) is -1.54. The quantitative estimate of drug-likeness (QED) is 0.874. The van der Waals surface area contributed by atoms with Gasteiger partial charge in [0.2, 0.25) is 5.91 Å². The van der Waals surface area contributed by atoms with E-state index in [9.17, 15) is 14.4 Å². The molecule has 1 aromatic heterocycles. The summed E-state index contributed by atoms with van der Waals surface area (Å²) in [7, 11) is 0. The predicted molar refractivity (Wildman–Crippen MR) is 72.7 cm³/mol. The highest BCUT2D eigenvalue weighted by molar-refractivity contribution is 5.90. The SMILES string of the molecule is O=C(Cn1ccc(C(=O)O)cc1=O)Nc1ccccc1. The molecular formula is C14H12N2O4. The van der Waals surface area contributed by atoms with Gasteiger partial charge in [-0.3, -0.25) is 9.59 Å². The molecule has 0 aliphatic heterocycles. The average Bonchev–Trinajstić information content (AvgIpc) is 2.42. The largest absolute Gasteiger partial charge is 0.478 e. The topological polar surface area (TPSA) is 88.4 Å². The van der Waals surface area contributed by atoms with E-state index in [1.165, 1.54) is 12.3 Å². The highest BCUT2D eigenvalue weighted by Crippen LogP contribution is 2.04. The van der Waals surface area contributed by atoms with Gasteiger partial charge in [-0.2, -0.15) is 0 Å². The number of pyridine rings is 1. The Labute approximate surface area is 114 Å². The standard InChI is InChI=1S/C14H12N2O4/c17-12(15-11-4-2-1-3-5-11)9-16-7-6-10(14(19)20)8-13(16)18/h1-8H,9H2,(H,15,17)(H,19,20). The molecule has 0 unspecified atom stereocenters. The number of aromatic carboxylic acids is 1. The molecule has 2 N–H and O–H groups in total. The Morgan fingerprint density at radius 1 is 1.15 bits per heavy atom. The second-order valence-corrected chi connectivity index (χ2v) is 4.10. The molecule has 20 heavy (non-hydrogen) atoms. The summed E-state index contributed by atoms with van der Waals surface area (Å²) in [5.41, 5.74) is -0.00413. The van der Waals surface area contributed by atoms with Crippen molar-refractivity contribution < 1.29 is 14.7 Å². The van der Waals surface area contributed by atoms with Crippen molar-refractivity contribution in [1.29, 1.82) is 0 Å². The summed E-state index contributed by atoms with van der Waals surface area (Å²) in [4.78, 5) is 34.1. The number of anilines is 1. The lowest BCUT2D eigenvalue weighted by Gasteiger charge is -2.07. The highest BCUT2D eigenvalue weighted by atomic mass is 16.4. The smallest absolute Gasteiger partial charge is 0.335 e. The van der Waals surface area contributed by atoms with Gasteiger partial charge in [0.05, 0.1) is 5.56 Å². The van der Waals surface area contributed by atoms with Crippen LogP contribution in [-0.4, -0.2) is 21.6 Å². The maximum atomic E-state index is 11.8. The summed E-state index contributed by atoms with van der Waals surface area (Å²) in [6, 6.07) is 11.1.